The lowest BCUT2D eigenvalue weighted by Crippen LogP contribution is -2.16. The second kappa shape index (κ2) is 3.60. The first-order valence-electron chi connectivity index (χ1n) is 4.56. The third-order valence-corrected chi connectivity index (χ3v) is 2.31. The highest BCUT2D eigenvalue weighted by Gasteiger charge is 2.21. The van der Waals surface area contributed by atoms with Crippen LogP contribution in [-0.4, -0.2) is 12.6 Å². The van der Waals surface area contributed by atoms with Crippen molar-refractivity contribution in [2.45, 2.75) is 19.4 Å². The molecular formula is C10H11N3O. The van der Waals surface area contributed by atoms with E-state index in [1.54, 1.807) is 0 Å². The molecule has 4 heteroatoms. The highest BCUT2D eigenvalue weighted by Crippen LogP contribution is 2.29. The van der Waals surface area contributed by atoms with Crippen LogP contribution in [0.2, 0.25) is 0 Å². The van der Waals surface area contributed by atoms with Gasteiger partial charge in [0.15, 0.2) is 0 Å². The molecule has 0 bridgehead atoms. The summed E-state index contributed by atoms with van der Waals surface area (Å²) in [6, 6.07) is 6.11. The lowest BCUT2D eigenvalue weighted by Gasteiger charge is -2.05. The second-order valence-corrected chi connectivity index (χ2v) is 3.47. The number of aryl methyl sites for hydroxylation is 1. The van der Waals surface area contributed by atoms with Crippen molar-refractivity contribution in [3.05, 3.63) is 39.8 Å². The number of hydrogen-bond acceptors (Lipinski definition) is 2. The van der Waals surface area contributed by atoms with Crippen molar-refractivity contribution in [1.82, 2.24) is 0 Å². The molecule has 72 valence electrons. The Morgan fingerprint density at radius 2 is 2.50 bits per heavy atom. The first-order chi connectivity index (χ1) is 6.79. The van der Waals surface area contributed by atoms with Gasteiger partial charge in [0.25, 0.3) is 0 Å². The van der Waals surface area contributed by atoms with Gasteiger partial charge in [-0.15, -0.1) is 0 Å². The van der Waals surface area contributed by atoms with Crippen molar-refractivity contribution in [2.24, 2.45) is 5.11 Å². The van der Waals surface area contributed by atoms with E-state index >= 15 is 0 Å². The Morgan fingerprint density at radius 1 is 1.64 bits per heavy atom. The van der Waals surface area contributed by atoms with Crippen LogP contribution in [0.3, 0.4) is 0 Å². The summed E-state index contributed by atoms with van der Waals surface area (Å²) in [7, 11) is 0. The van der Waals surface area contributed by atoms with Crippen molar-refractivity contribution in [3.8, 4) is 5.75 Å². The SMILES string of the molecule is Cc1ccc2c(c1)C[C@H](CN=[N+]=[N-])O2. The molecule has 14 heavy (non-hydrogen) atoms. The van der Waals surface area contributed by atoms with E-state index in [0.29, 0.717) is 6.54 Å². The fourth-order valence-electron chi connectivity index (χ4n) is 1.68. The van der Waals surface area contributed by atoms with E-state index in [1.165, 1.54) is 11.1 Å². The number of rotatable bonds is 2. The van der Waals surface area contributed by atoms with E-state index in [-0.39, 0.29) is 6.10 Å². The largest absolute Gasteiger partial charge is 0.490 e. The average Bonchev–Trinajstić information content (AvgIpc) is 2.56. The normalized spacial score (nSPS) is 18.2. The zero-order chi connectivity index (χ0) is 9.97. The average molecular weight is 189 g/mol. The Morgan fingerprint density at radius 3 is 3.29 bits per heavy atom. The maximum atomic E-state index is 8.19. The van der Waals surface area contributed by atoms with Crippen LogP contribution in [0.25, 0.3) is 10.4 Å². The fraction of sp³-hybridized carbons (Fsp3) is 0.400. The number of azide groups is 1. The van der Waals surface area contributed by atoms with Crippen LogP contribution in [0, 0.1) is 6.92 Å². The van der Waals surface area contributed by atoms with Crippen LogP contribution < -0.4 is 4.74 Å². The summed E-state index contributed by atoms with van der Waals surface area (Å²) in [6.45, 7) is 2.46. The minimum atomic E-state index is 0.0164. The summed E-state index contributed by atoms with van der Waals surface area (Å²) in [6.07, 6.45) is 0.860. The van der Waals surface area contributed by atoms with Crippen LogP contribution >= 0.6 is 0 Å². The van der Waals surface area contributed by atoms with E-state index in [4.69, 9.17) is 10.3 Å². The molecule has 1 aromatic carbocycles. The van der Waals surface area contributed by atoms with Gasteiger partial charge in [-0.3, -0.25) is 0 Å². The topological polar surface area (TPSA) is 58.0 Å². The van der Waals surface area contributed by atoms with Crippen LogP contribution in [0.5, 0.6) is 5.75 Å². The van der Waals surface area contributed by atoms with Gasteiger partial charge in [-0.25, -0.2) is 0 Å². The Labute approximate surface area is 82.1 Å². The van der Waals surface area contributed by atoms with Crippen molar-refractivity contribution >= 4 is 0 Å². The van der Waals surface area contributed by atoms with E-state index in [9.17, 15) is 0 Å². The second-order valence-electron chi connectivity index (χ2n) is 3.47. The van der Waals surface area contributed by atoms with Gasteiger partial charge in [-0.1, -0.05) is 22.8 Å². The molecule has 0 fully saturated rings. The summed E-state index contributed by atoms with van der Waals surface area (Å²) in [4.78, 5) is 2.72. The molecule has 0 saturated heterocycles. The molecule has 1 aromatic rings. The van der Waals surface area contributed by atoms with Crippen molar-refractivity contribution in [1.29, 1.82) is 0 Å². The van der Waals surface area contributed by atoms with Gasteiger partial charge in [0, 0.05) is 11.3 Å². The Hall–Kier alpha value is -1.67. The van der Waals surface area contributed by atoms with Gasteiger partial charge in [-0.05, 0) is 24.1 Å². The predicted molar refractivity (Wildman–Crippen MR) is 53.3 cm³/mol. The molecule has 4 nitrogen and oxygen atoms in total. The van der Waals surface area contributed by atoms with Crippen molar-refractivity contribution in [3.63, 3.8) is 0 Å². The number of nitrogens with zero attached hydrogens (tertiary/aromatic N) is 3. The summed E-state index contributed by atoms with van der Waals surface area (Å²) in [5.74, 6) is 0.925. The van der Waals surface area contributed by atoms with Gasteiger partial charge in [-0.2, -0.15) is 0 Å². The van der Waals surface area contributed by atoms with Gasteiger partial charge in [0.1, 0.15) is 11.9 Å². The Balaban J connectivity index is 2.13. The van der Waals surface area contributed by atoms with E-state index in [1.807, 2.05) is 12.1 Å². The first kappa shape index (κ1) is 8.91. The summed E-state index contributed by atoms with van der Waals surface area (Å²) in [5.41, 5.74) is 10.6. The lowest BCUT2D eigenvalue weighted by molar-refractivity contribution is 0.241. The minimum absolute atomic E-state index is 0.0164. The summed E-state index contributed by atoms with van der Waals surface area (Å²) in [5, 5.41) is 3.51. The molecule has 0 radical (unpaired) electrons. The zero-order valence-corrected chi connectivity index (χ0v) is 7.97. The molecule has 2 rings (SSSR count). The van der Waals surface area contributed by atoms with Gasteiger partial charge < -0.3 is 4.74 Å². The number of fused-ring (bicyclic) bond motifs is 1. The van der Waals surface area contributed by atoms with Gasteiger partial charge in [0.05, 0.1) is 6.54 Å². The summed E-state index contributed by atoms with van der Waals surface area (Å²) < 4.78 is 5.60. The molecule has 0 N–H and O–H groups in total. The number of hydrogen-bond donors (Lipinski definition) is 0. The maximum absolute atomic E-state index is 8.19. The lowest BCUT2D eigenvalue weighted by atomic mass is 10.1. The molecular weight excluding hydrogens is 178 g/mol. The third kappa shape index (κ3) is 1.65. The van der Waals surface area contributed by atoms with Crippen LogP contribution in [0.1, 0.15) is 11.1 Å². The minimum Gasteiger partial charge on any atom is -0.490 e. The summed E-state index contributed by atoms with van der Waals surface area (Å²) >= 11 is 0. The van der Waals surface area contributed by atoms with Crippen LogP contribution in [0.15, 0.2) is 23.3 Å². The maximum Gasteiger partial charge on any atom is 0.123 e. The third-order valence-electron chi connectivity index (χ3n) is 2.31. The molecule has 1 aliphatic rings. The fourth-order valence-corrected chi connectivity index (χ4v) is 1.68. The van der Waals surface area contributed by atoms with E-state index in [0.717, 1.165) is 12.2 Å². The van der Waals surface area contributed by atoms with E-state index in [2.05, 4.69) is 23.0 Å². The molecule has 0 unspecified atom stereocenters. The van der Waals surface area contributed by atoms with Crippen LogP contribution in [-0.2, 0) is 6.42 Å². The standard InChI is InChI=1S/C10H11N3O/c1-7-2-3-10-8(4-7)5-9(14-10)6-12-13-11/h2-4,9H,5-6H2,1H3/t9-/m1/s1. The van der Waals surface area contributed by atoms with Crippen LogP contribution in [0.4, 0.5) is 0 Å². The predicted octanol–water partition coefficient (Wildman–Crippen LogP) is 2.61. The van der Waals surface area contributed by atoms with E-state index < -0.39 is 0 Å². The molecule has 1 atom stereocenters. The van der Waals surface area contributed by atoms with Gasteiger partial charge in [0.2, 0.25) is 0 Å². The molecule has 0 aromatic heterocycles. The number of ether oxygens (including phenoxy) is 1. The highest BCUT2D eigenvalue weighted by molar-refractivity contribution is 5.40. The van der Waals surface area contributed by atoms with Gasteiger partial charge >= 0.3 is 0 Å². The molecule has 0 spiro atoms. The monoisotopic (exact) mass is 189 g/mol. The van der Waals surface area contributed by atoms with Crippen molar-refractivity contribution < 1.29 is 4.74 Å². The molecule has 1 aliphatic heterocycles. The quantitative estimate of drug-likeness (QED) is 0.400. The molecule has 0 amide bonds. The molecule has 0 saturated carbocycles. The Kier molecular flexibility index (Phi) is 2.29. The zero-order valence-electron chi connectivity index (χ0n) is 7.97. The highest BCUT2D eigenvalue weighted by atomic mass is 16.5. The number of benzene rings is 1. The Bertz CT molecular complexity index is 396. The first-order valence-corrected chi connectivity index (χ1v) is 4.56. The smallest absolute Gasteiger partial charge is 0.123 e. The molecule has 1 heterocycles. The van der Waals surface area contributed by atoms with Crippen molar-refractivity contribution in [2.75, 3.05) is 6.54 Å². The molecule has 0 aliphatic carbocycles.